The fourth-order valence-corrected chi connectivity index (χ4v) is 7.16. The molecule has 2 atom stereocenters. The van der Waals surface area contributed by atoms with Crippen molar-refractivity contribution >= 4 is 41.2 Å². The Hall–Kier alpha value is -2.99. The van der Waals surface area contributed by atoms with Gasteiger partial charge in [-0.05, 0) is 36.8 Å². The molecule has 2 unspecified atom stereocenters. The van der Waals surface area contributed by atoms with E-state index in [0.29, 0.717) is 43.9 Å². The van der Waals surface area contributed by atoms with Crippen molar-refractivity contribution in [3.8, 4) is 0 Å². The minimum Gasteiger partial charge on any atom is -0.387 e. The number of hydrogen-bond donors (Lipinski definition) is 2. The van der Waals surface area contributed by atoms with Gasteiger partial charge in [0.2, 0.25) is 17.8 Å². The molecule has 4 heterocycles. The largest absolute Gasteiger partial charge is 0.387 e. The molecule has 1 saturated heterocycles. The van der Waals surface area contributed by atoms with Crippen molar-refractivity contribution in [1.82, 2.24) is 30.0 Å². The quantitative estimate of drug-likeness (QED) is 0.562. The molecule has 2 amide bonds. The maximum absolute atomic E-state index is 13.1. The second-order valence-electron chi connectivity index (χ2n) is 10.7. The maximum atomic E-state index is 13.1. The Morgan fingerprint density at radius 1 is 1.11 bits per heavy atom. The first-order valence-electron chi connectivity index (χ1n) is 13.3. The first-order valence-corrected chi connectivity index (χ1v) is 14.2. The number of carbonyl (C=O) groups excluding carboxylic acids is 2. The Morgan fingerprint density at radius 2 is 1.84 bits per heavy atom. The van der Waals surface area contributed by atoms with Gasteiger partial charge in [0, 0.05) is 57.3 Å². The molecule has 0 aromatic carbocycles. The van der Waals surface area contributed by atoms with E-state index < -0.39 is 6.61 Å². The fraction of sp³-hybridized carbons (Fsp3) is 0.615. The van der Waals surface area contributed by atoms with Gasteiger partial charge >= 0.3 is 0 Å². The van der Waals surface area contributed by atoms with E-state index in [2.05, 4.69) is 32.3 Å². The molecule has 5 rings (SSSR count). The lowest BCUT2D eigenvalue weighted by Gasteiger charge is -2.34. The second-order valence-corrected chi connectivity index (χ2v) is 11.9. The lowest BCUT2D eigenvalue weighted by molar-refractivity contribution is -0.134. The third-order valence-corrected chi connectivity index (χ3v) is 9.23. The Balaban J connectivity index is 1.29. The average molecular weight is 541 g/mol. The standard InChI is InChI=1S/C26H36N8O3S/c1-16-4-6-17(7-5-16)22-23-18(38-24(22)25(37)32(2)3)14-27-26(29-23)28-19-8-9-20(31-30-19)33-10-12-34(13-11-33)21(36)15-35/h8-9,14,16-17,22,24,35H,4-7,10-13,15H2,1-3H3,(H,27,28,29,30). The van der Waals surface area contributed by atoms with Crippen LogP contribution in [0.2, 0.25) is 0 Å². The molecule has 0 spiro atoms. The molecule has 2 fully saturated rings. The van der Waals surface area contributed by atoms with E-state index in [1.165, 1.54) is 12.8 Å². The van der Waals surface area contributed by atoms with Gasteiger partial charge in [0.05, 0.1) is 10.9 Å². The predicted molar refractivity (Wildman–Crippen MR) is 145 cm³/mol. The predicted octanol–water partition coefficient (Wildman–Crippen LogP) is 2.12. The lowest BCUT2D eigenvalue weighted by atomic mass is 9.74. The number of aliphatic hydroxyl groups excluding tert-OH is 1. The summed E-state index contributed by atoms with van der Waals surface area (Å²) in [4.78, 5) is 40.6. The highest BCUT2D eigenvalue weighted by molar-refractivity contribution is 8.01. The van der Waals surface area contributed by atoms with Crippen LogP contribution in [0.25, 0.3) is 0 Å². The molecule has 0 radical (unpaired) electrons. The minimum atomic E-state index is -0.461. The fourth-order valence-electron chi connectivity index (χ4n) is 5.66. The smallest absolute Gasteiger partial charge is 0.248 e. The average Bonchev–Trinajstić information content (AvgIpc) is 3.32. The monoisotopic (exact) mass is 540 g/mol. The van der Waals surface area contributed by atoms with Gasteiger partial charge in [-0.1, -0.05) is 19.8 Å². The third kappa shape index (κ3) is 5.56. The van der Waals surface area contributed by atoms with Crippen LogP contribution in [0.15, 0.2) is 23.2 Å². The number of anilines is 3. The summed E-state index contributed by atoms with van der Waals surface area (Å²) in [7, 11) is 3.64. The van der Waals surface area contributed by atoms with Crippen LogP contribution in [0.1, 0.15) is 44.2 Å². The number of piperazine rings is 1. The molecule has 2 aromatic rings. The summed E-state index contributed by atoms with van der Waals surface area (Å²) in [6.07, 6.45) is 6.44. The molecule has 3 aliphatic rings. The number of rotatable bonds is 6. The van der Waals surface area contributed by atoms with Gasteiger partial charge in [0.1, 0.15) is 6.61 Å². The summed E-state index contributed by atoms with van der Waals surface area (Å²) in [5.74, 6) is 2.85. The number of aliphatic hydroxyl groups is 1. The Labute approximate surface area is 227 Å². The van der Waals surface area contributed by atoms with Crippen LogP contribution in [0.3, 0.4) is 0 Å². The molecule has 2 aliphatic heterocycles. The van der Waals surface area contributed by atoms with Gasteiger partial charge in [-0.3, -0.25) is 9.59 Å². The van der Waals surface area contributed by atoms with Crippen molar-refractivity contribution in [2.75, 3.05) is 57.1 Å². The van der Waals surface area contributed by atoms with E-state index in [9.17, 15) is 9.59 Å². The number of fused-ring (bicyclic) bond motifs is 1. The van der Waals surface area contributed by atoms with E-state index in [-0.39, 0.29) is 23.0 Å². The number of nitrogens with zero attached hydrogens (tertiary/aromatic N) is 7. The third-order valence-electron chi connectivity index (χ3n) is 7.91. The van der Waals surface area contributed by atoms with Gasteiger partial charge in [0.15, 0.2) is 11.6 Å². The number of hydrogen-bond acceptors (Lipinski definition) is 10. The van der Waals surface area contributed by atoms with E-state index in [1.807, 2.05) is 32.4 Å². The number of carbonyl (C=O) groups is 2. The zero-order valence-electron chi connectivity index (χ0n) is 22.2. The van der Waals surface area contributed by atoms with Crippen LogP contribution in [0.5, 0.6) is 0 Å². The summed E-state index contributed by atoms with van der Waals surface area (Å²) in [6, 6.07) is 3.73. The Kier molecular flexibility index (Phi) is 7.98. The highest BCUT2D eigenvalue weighted by Crippen LogP contribution is 2.52. The van der Waals surface area contributed by atoms with Gasteiger partial charge in [-0.25, -0.2) is 9.97 Å². The molecule has 0 bridgehead atoms. The molecule has 12 heteroatoms. The highest BCUT2D eigenvalue weighted by Gasteiger charge is 2.45. The zero-order chi connectivity index (χ0) is 26.8. The van der Waals surface area contributed by atoms with Gasteiger partial charge < -0.3 is 25.1 Å². The van der Waals surface area contributed by atoms with Gasteiger partial charge in [0.25, 0.3) is 0 Å². The number of thioether (sulfide) groups is 1. The van der Waals surface area contributed by atoms with E-state index in [1.54, 1.807) is 21.6 Å². The molecule has 11 nitrogen and oxygen atoms in total. The van der Waals surface area contributed by atoms with Gasteiger partial charge in [-0.15, -0.1) is 22.0 Å². The van der Waals surface area contributed by atoms with E-state index >= 15 is 0 Å². The van der Waals surface area contributed by atoms with Crippen molar-refractivity contribution in [2.24, 2.45) is 11.8 Å². The topological polar surface area (TPSA) is 128 Å². The summed E-state index contributed by atoms with van der Waals surface area (Å²) in [5, 5.41) is 20.8. The first-order chi connectivity index (χ1) is 18.3. The molecular formula is C26H36N8O3S. The van der Waals surface area contributed by atoms with E-state index in [0.717, 1.165) is 35.2 Å². The highest BCUT2D eigenvalue weighted by atomic mass is 32.2. The molecular weight excluding hydrogens is 504 g/mol. The van der Waals surface area contributed by atoms with Crippen LogP contribution in [0.4, 0.5) is 17.6 Å². The van der Waals surface area contributed by atoms with Crippen LogP contribution < -0.4 is 10.2 Å². The van der Waals surface area contributed by atoms with Gasteiger partial charge in [-0.2, -0.15) is 0 Å². The van der Waals surface area contributed by atoms with Crippen LogP contribution in [-0.4, -0.2) is 99.0 Å². The van der Waals surface area contributed by atoms with E-state index in [4.69, 9.17) is 10.1 Å². The molecule has 2 aromatic heterocycles. The number of aromatic nitrogens is 4. The molecule has 1 aliphatic carbocycles. The normalized spacial score (nSPS) is 25.2. The second kappa shape index (κ2) is 11.4. The summed E-state index contributed by atoms with van der Waals surface area (Å²) in [6.45, 7) is 4.20. The Bertz CT molecular complexity index is 1150. The maximum Gasteiger partial charge on any atom is 0.248 e. The van der Waals surface area contributed by atoms with Crippen LogP contribution in [0, 0.1) is 11.8 Å². The minimum absolute atomic E-state index is 0.0748. The molecule has 2 N–H and O–H groups in total. The summed E-state index contributed by atoms with van der Waals surface area (Å²) in [5.41, 5.74) is 0.965. The first kappa shape index (κ1) is 26.6. The molecule has 38 heavy (non-hydrogen) atoms. The van der Waals surface area contributed by atoms with Crippen molar-refractivity contribution in [3.05, 3.63) is 24.0 Å². The SMILES string of the molecule is CC1CCC(C2c3nc(Nc4ccc(N5CCN(C(=O)CO)CC5)nn4)ncc3SC2C(=O)N(C)C)CC1. The number of amides is 2. The zero-order valence-corrected chi connectivity index (χ0v) is 23.0. The van der Waals surface area contributed by atoms with Crippen molar-refractivity contribution in [3.63, 3.8) is 0 Å². The van der Waals surface area contributed by atoms with Crippen molar-refractivity contribution in [1.29, 1.82) is 0 Å². The summed E-state index contributed by atoms with van der Waals surface area (Å²) < 4.78 is 0. The molecule has 1 saturated carbocycles. The number of nitrogens with one attached hydrogen (secondary N) is 1. The molecule has 204 valence electrons. The Morgan fingerprint density at radius 3 is 2.47 bits per heavy atom. The summed E-state index contributed by atoms with van der Waals surface area (Å²) >= 11 is 1.60. The van der Waals surface area contributed by atoms with Crippen molar-refractivity contribution < 1.29 is 14.7 Å². The van der Waals surface area contributed by atoms with Crippen molar-refractivity contribution in [2.45, 2.75) is 48.7 Å². The van der Waals surface area contributed by atoms with Crippen LogP contribution in [-0.2, 0) is 9.59 Å². The lowest BCUT2D eigenvalue weighted by Crippen LogP contribution is -2.49. The van der Waals surface area contributed by atoms with Crippen LogP contribution >= 0.6 is 11.8 Å².